The molecule has 2 amide bonds. The minimum absolute atomic E-state index is 0.0436. The fourth-order valence-electron chi connectivity index (χ4n) is 1.71. The molecule has 0 radical (unpaired) electrons. The molecule has 0 aliphatic heterocycles. The van der Waals surface area contributed by atoms with Gasteiger partial charge in [-0.2, -0.15) is 0 Å². The molecule has 1 atom stereocenters. The van der Waals surface area contributed by atoms with Gasteiger partial charge in [0, 0.05) is 25.7 Å². The molecule has 0 fully saturated rings. The Morgan fingerprint density at radius 3 is 2.30 bits per heavy atom. The number of amides is 2. The Kier molecular flexibility index (Phi) is 5.70. The van der Waals surface area contributed by atoms with Gasteiger partial charge in [-0.25, -0.2) is 0 Å². The molecule has 0 saturated carbocycles. The van der Waals surface area contributed by atoms with Crippen molar-refractivity contribution < 1.29 is 9.59 Å². The first-order chi connectivity index (χ1) is 9.46. The van der Waals surface area contributed by atoms with E-state index in [1.54, 1.807) is 19.2 Å². The summed E-state index contributed by atoms with van der Waals surface area (Å²) in [5.41, 5.74) is 6.67. The van der Waals surface area contributed by atoms with Crippen molar-refractivity contribution in [1.29, 1.82) is 0 Å². The molecule has 20 heavy (non-hydrogen) atoms. The minimum atomic E-state index is -0.526. The lowest BCUT2D eigenvalue weighted by Crippen LogP contribution is -2.43. The third kappa shape index (κ3) is 3.81. The number of rotatable bonds is 6. The maximum Gasteiger partial charge on any atom is 0.251 e. The summed E-state index contributed by atoms with van der Waals surface area (Å²) in [7, 11) is 1.59. The molecule has 1 unspecified atom stereocenters. The summed E-state index contributed by atoms with van der Waals surface area (Å²) in [5, 5.41) is 5.45. The van der Waals surface area contributed by atoms with Crippen molar-refractivity contribution in [2.24, 2.45) is 11.1 Å². The van der Waals surface area contributed by atoms with Crippen molar-refractivity contribution in [2.45, 2.75) is 26.8 Å². The molecule has 5 nitrogen and oxygen atoms in total. The predicted molar refractivity (Wildman–Crippen MR) is 79.1 cm³/mol. The number of nitrogens with two attached hydrogens (primary N) is 1. The van der Waals surface area contributed by atoms with Crippen LogP contribution in [0.25, 0.3) is 0 Å². The molecule has 4 N–H and O–H groups in total. The molecular formula is C15H23N3O2. The smallest absolute Gasteiger partial charge is 0.251 e. The molecular weight excluding hydrogens is 254 g/mol. The topological polar surface area (TPSA) is 84.2 Å². The second-order valence-electron chi connectivity index (χ2n) is 5.08. The fourth-order valence-corrected chi connectivity index (χ4v) is 1.71. The highest BCUT2D eigenvalue weighted by molar-refractivity contribution is 5.93. The van der Waals surface area contributed by atoms with Crippen LogP contribution in [0, 0.1) is 5.41 Å². The van der Waals surface area contributed by atoms with Crippen LogP contribution in [0.3, 0.4) is 0 Å². The zero-order chi connectivity index (χ0) is 15.2. The van der Waals surface area contributed by atoms with E-state index in [1.165, 1.54) is 0 Å². The Bertz CT molecular complexity index is 465. The highest BCUT2D eigenvalue weighted by Gasteiger charge is 2.29. The van der Waals surface area contributed by atoms with Crippen molar-refractivity contribution in [3.8, 4) is 0 Å². The molecule has 110 valence electrons. The van der Waals surface area contributed by atoms with E-state index in [9.17, 15) is 9.59 Å². The van der Waals surface area contributed by atoms with Crippen LogP contribution in [0.2, 0.25) is 0 Å². The normalized spacial score (nSPS) is 13.4. The SMILES string of the molecule is CCC(C)(CN)C(=O)NCc1ccc(C(=O)NC)cc1. The largest absolute Gasteiger partial charge is 0.355 e. The first kappa shape index (κ1) is 16.2. The van der Waals surface area contributed by atoms with Crippen LogP contribution in [0.5, 0.6) is 0 Å². The van der Waals surface area contributed by atoms with Crippen LogP contribution in [0.15, 0.2) is 24.3 Å². The third-order valence-corrected chi connectivity index (χ3v) is 3.68. The van der Waals surface area contributed by atoms with Crippen LogP contribution in [-0.4, -0.2) is 25.4 Å². The quantitative estimate of drug-likeness (QED) is 0.726. The first-order valence-electron chi connectivity index (χ1n) is 6.76. The van der Waals surface area contributed by atoms with E-state index in [1.807, 2.05) is 26.0 Å². The Labute approximate surface area is 119 Å². The predicted octanol–water partition coefficient (Wildman–Crippen LogP) is 1.04. The molecule has 0 bridgehead atoms. The standard InChI is InChI=1S/C15H23N3O2/c1-4-15(2,10-16)14(20)18-9-11-5-7-12(8-6-11)13(19)17-3/h5-8H,4,9-10,16H2,1-3H3,(H,17,19)(H,18,20). The maximum atomic E-state index is 12.1. The average molecular weight is 277 g/mol. The van der Waals surface area contributed by atoms with Crippen LogP contribution >= 0.6 is 0 Å². The molecule has 0 aliphatic carbocycles. The lowest BCUT2D eigenvalue weighted by atomic mass is 9.86. The third-order valence-electron chi connectivity index (χ3n) is 3.68. The Balaban J connectivity index is 2.62. The summed E-state index contributed by atoms with van der Waals surface area (Å²) in [5.74, 6) is -0.167. The Morgan fingerprint density at radius 1 is 1.25 bits per heavy atom. The number of carbonyl (C=O) groups is 2. The fraction of sp³-hybridized carbons (Fsp3) is 0.467. The van der Waals surface area contributed by atoms with Crippen molar-refractivity contribution >= 4 is 11.8 Å². The summed E-state index contributed by atoms with van der Waals surface area (Å²) < 4.78 is 0. The van der Waals surface area contributed by atoms with Gasteiger partial charge >= 0.3 is 0 Å². The molecule has 0 aliphatic rings. The number of nitrogens with one attached hydrogen (secondary N) is 2. The van der Waals surface area contributed by atoms with E-state index in [2.05, 4.69) is 10.6 Å². The van der Waals surface area contributed by atoms with Crippen molar-refractivity contribution in [2.75, 3.05) is 13.6 Å². The molecule has 0 spiro atoms. The second kappa shape index (κ2) is 7.05. The van der Waals surface area contributed by atoms with Gasteiger partial charge in [0.1, 0.15) is 0 Å². The summed E-state index contributed by atoms with van der Waals surface area (Å²) in [4.78, 5) is 23.5. The van der Waals surface area contributed by atoms with E-state index >= 15 is 0 Å². The highest BCUT2D eigenvalue weighted by atomic mass is 16.2. The van der Waals surface area contributed by atoms with E-state index in [-0.39, 0.29) is 11.8 Å². The zero-order valence-corrected chi connectivity index (χ0v) is 12.3. The van der Waals surface area contributed by atoms with E-state index in [0.29, 0.717) is 25.1 Å². The van der Waals surface area contributed by atoms with Crippen molar-refractivity contribution in [1.82, 2.24) is 10.6 Å². The Hall–Kier alpha value is -1.88. The van der Waals surface area contributed by atoms with Crippen LogP contribution in [0.4, 0.5) is 0 Å². The minimum Gasteiger partial charge on any atom is -0.355 e. The van der Waals surface area contributed by atoms with Gasteiger partial charge in [0.15, 0.2) is 0 Å². The van der Waals surface area contributed by atoms with Crippen LogP contribution in [-0.2, 0) is 11.3 Å². The molecule has 0 saturated heterocycles. The van der Waals surface area contributed by atoms with Gasteiger partial charge in [-0.1, -0.05) is 19.1 Å². The highest BCUT2D eigenvalue weighted by Crippen LogP contribution is 2.19. The summed E-state index contributed by atoms with van der Waals surface area (Å²) >= 11 is 0. The van der Waals surface area contributed by atoms with Gasteiger partial charge in [-0.3, -0.25) is 9.59 Å². The Morgan fingerprint density at radius 2 is 1.85 bits per heavy atom. The average Bonchev–Trinajstić information content (AvgIpc) is 2.51. The second-order valence-corrected chi connectivity index (χ2v) is 5.08. The van der Waals surface area contributed by atoms with Crippen molar-refractivity contribution in [3.63, 3.8) is 0 Å². The molecule has 0 heterocycles. The molecule has 1 rings (SSSR count). The first-order valence-corrected chi connectivity index (χ1v) is 6.76. The van der Waals surface area contributed by atoms with Crippen LogP contribution < -0.4 is 16.4 Å². The molecule has 5 heteroatoms. The van der Waals surface area contributed by atoms with Gasteiger partial charge in [0.2, 0.25) is 5.91 Å². The van der Waals surface area contributed by atoms with Gasteiger partial charge < -0.3 is 16.4 Å². The van der Waals surface area contributed by atoms with Crippen LogP contribution in [0.1, 0.15) is 36.2 Å². The maximum absolute atomic E-state index is 12.1. The number of hydrogen-bond donors (Lipinski definition) is 3. The molecule has 1 aromatic carbocycles. The number of carbonyl (C=O) groups excluding carboxylic acids is 2. The number of hydrogen-bond acceptors (Lipinski definition) is 3. The van der Waals surface area contributed by atoms with Gasteiger partial charge in [-0.15, -0.1) is 0 Å². The van der Waals surface area contributed by atoms with E-state index < -0.39 is 5.41 Å². The van der Waals surface area contributed by atoms with E-state index in [4.69, 9.17) is 5.73 Å². The summed E-state index contributed by atoms with van der Waals surface area (Å²) in [6.07, 6.45) is 0.699. The summed E-state index contributed by atoms with van der Waals surface area (Å²) in [6.45, 7) is 4.56. The number of benzene rings is 1. The van der Waals surface area contributed by atoms with Crippen molar-refractivity contribution in [3.05, 3.63) is 35.4 Å². The lowest BCUT2D eigenvalue weighted by Gasteiger charge is -2.24. The zero-order valence-electron chi connectivity index (χ0n) is 12.3. The van der Waals surface area contributed by atoms with Gasteiger partial charge in [0.25, 0.3) is 5.91 Å². The summed E-state index contributed by atoms with van der Waals surface area (Å²) in [6, 6.07) is 7.14. The van der Waals surface area contributed by atoms with E-state index in [0.717, 1.165) is 5.56 Å². The van der Waals surface area contributed by atoms with Gasteiger partial charge in [0.05, 0.1) is 5.41 Å². The molecule has 1 aromatic rings. The van der Waals surface area contributed by atoms with Gasteiger partial charge in [-0.05, 0) is 31.0 Å². The monoisotopic (exact) mass is 277 g/mol. The molecule has 0 aromatic heterocycles. The lowest BCUT2D eigenvalue weighted by molar-refractivity contribution is -0.130.